The van der Waals surface area contributed by atoms with Crippen LogP contribution in [0.2, 0.25) is 0 Å². The highest BCUT2D eigenvalue weighted by molar-refractivity contribution is 7.96. The Hall–Kier alpha value is -2.22. The molecule has 3 rings (SSSR count). The monoisotopic (exact) mass is 350 g/mol. The van der Waals surface area contributed by atoms with Gasteiger partial charge >= 0.3 is 0 Å². The van der Waals surface area contributed by atoms with Crippen LogP contribution >= 0.6 is 0 Å². The molecule has 0 fully saturated rings. The maximum absolute atomic E-state index is 13.6. The van der Waals surface area contributed by atoms with Gasteiger partial charge in [0, 0.05) is 18.3 Å². The fourth-order valence-corrected chi connectivity index (χ4v) is 3.98. The Morgan fingerprint density at radius 3 is 2.62 bits per heavy atom. The van der Waals surface area contributed by atoms with Crippen molar-refractivity contribution in [3.05, 3.63) is 46.9 Å². The molecule has 6 nitrogen and oxygen atoms in total. The summed E-state index contributed by atoms with van der Waals surface area (Å²) >= 11 is 0. The Morgan fingerprint density at radius 2 is 2.00 bits per heavy atom. The molecule has 24 heavy (non-hydrogen) atoms. The molecular weight excluding hydrogens is 331 g/mol. The fraction of sp³-hybridized carbons (Fsp3) is 0.375. The van der Waals surface area contributed by atoms with Gasteiger partial charge in [-0.1, -0.05) is 0 Å². The number of aromatic nitrogens is 1. The predicted molar refractivity (Wildman–Crippen MR) is 91.4 cm³/mol. The second-order valence-corrected chi connectivity index (χ2v) is 9.51. The molecule has 8 heteroatoms. The van der Waals surface area contributed by atoms with Gasteiger partial charge in [0.25, 0.3) is 0 Å². The fourth-order valence-electron chi connectivity index (χ4n) is 2.72. The molecule has 0 aliphatic carbocycles. The average Bonchev–Trinajstić information content (AvgIpc) is 2.87. The highest BCUT2D eigenvalue weighted by Gasteiger charge is 2.38. The third-order valence-electron chi connectivity index (χ3n) is 4.10. The van der Waals surface area contributed by atoms with Gasteiger partial charge in [0.15, 0.2) is 9.84 Å². The second-order valence-electron chi connectivity index (χ2n) is 6.81. The second kappa shape index (κ2) is 5.41. The van der Waals surface area contributed by atoms with Gasteiger partial charge in [0.2, 0.25) is 5.95 Å². The molecule has 1 aromatic heterocycles. The number of nitrogens with two attached hydrogens (primary N) is 1. The first-order valence-electron chi connectivity index (χ1n) is 7.50. The lowest BCUT2D eigenvalue weighted by molar-refractivity contribution is 0.350. The van der Waals surface area contributed by atoms with Gasteiger partial charge in [0.05, 0.1) is 15.7 Å². The summed E-state index contributed by atoms with van der Waals surface area (Å²) in [5.74, 6) is -0.899. The van der Waals surface area contributed by atoms with E-state index in [0.29, 0.717) is 5.56 Å². The van der Waals surface area contributed by atoms with Crippen molar-refractivity contribution >= 4 is 21.9 Å². The van der Waals surface area contributed by atoms with Crippen molar-refractivity contribution in [3.8, 4) is 0 Å². The Balaban J connectivity index is 2.01. The maximum Gasteiger partial charge on any atom is 0.215 e. The minimum Gasteiger partial charge on any atom is -0.384 e. The van der Waals surface area contributed by atoms with Crippen LogP contribution in [-0.2, 0) is 9.84 Å². The summed E-state index contributed by atoms with van der Waals surface area (Å²) < 4.78 is 38.0. The third-order valence-corrected chi connectivity index (χ3v) is 6.60. The molecule has 2 N–H and O–H groups in total. The van der Waals surface area contributed by atoms with E-state index in [9.17, 15) is 12.8 Å². The smallest absolute Gasteiger partial charge is 0.215 e. The number of allylic oxidation sites excluding steroid dienone is 1. The van der Waals surface area contributed by atoms with Crippen LogP contribution in [0.1, 0.15) is 32.3 Å². The molecule has 2 aliphatic rings. The van der Waals surface area contributed by atoms with Crippen LogP contribution in [0.15, 0.2) is 40.5 Å². The topological polar surface area (TPSA) is 88.6 Å². The molecule has 2 unspecified atom stereocenters. The Bertz CT molecular complexity index is 848. The van der Waals surface area contributed by atoms with E-state index in [2.05, 4.69) is 10.1 Å². The quantitative estimate of drug-likeness (QED) is 0.826. The Kier molecular flexibility index (Phi) is 3.75. The van der Waals surface area contributed by atoms with E-state index >= 15 is 0 Å². The number of fused-ring (bicyclic) bond motifs is 1. The van der Waals surface area contributed by atoms with Crippen molar-refractivity contribution in [1.29, 1.82) is 0 Å². The largest absolute Gasteiger partial charge is 0.384 e. The summed E-state index contributed by atoms with van der Waals surface area (Å²) in [6, 6.07) is 2.52. The standard InChI is InChI=1S/C16H19FN4O2S/c1-16(2,3)24(22,23)11-4-5-21-13(8-11)12(9-19-21)10-6-14(17)20-15(18)7-10/h4-9,12-13H,1-3H3,(H2,18,20). The zero-order valence-electron chi connectivity index (χ0n) is 13.6. The Morgan fingerprint density at radius 1 is 1.29 bits per heavy atom. The number of nitrogens with zero attached hydrogens (tertiary/aromatic N) is 3. The molecule has 0 radical (unpaired) electrons. The number of hydrogen-bond acceptors (Lipinski definition) is 6. The highest BCUT2D eigenvalue weighted by Crippen LogP contribution is 2.35. The SMILES string of the molecule is CC(C)(C)S(=O)(=O)C1=CC2C(c3cc(N)nc(F)c3)C=NN2C=C1. The van der Waals surface area contributed by atoms with E-state index in [4.69, 9.17) is 5.73 Å². The molecule has 0 saturated heterocycles. The molecule has 0 spiro atoms. The molecule has 2 aliphatic heterocycles. The first-order valence-corrected chi connectivity index (χ1v) is 8.98. The third kappa shape index (κ3) is 2.71. The van der Waals surface area contributed by atoms with Gasteiger partial charge in [-0.3, -0.25) is 5.01 Å². The summed E-state index contributed by atoms with van der Waals surface area (Å²) in [4.78, 5) is 3.77. The lowest BCUT2D eigenvalue weighted by Gasteiger charge is -2.28. The number of hydrazone groups is 1. The van der Waals surface area contributed by atoms with Crippen molar-refractivity contribution < 1.29 is 12.8 Å². The summed E-state index contributed by atoms with van der Waals surface area (Å²) in [7, 11) is -3.48. The Labute approximate surface area is 140 Å². The maximum atomic E-state index is 13.6. The van der Waals surface area contributed by atoms with Crippen LogP contribution < -0.4 is 5.73 Å². The lowest BCUT2D eigenvalue weighted by Crippen LogP contribution is -2.33. The van der Waals surface area contributed by atoms with Gasteiger partial charge < -0.3 is 5.73 Å². The van der Waals surface area contributed by atoms with Gasteiger partial charge in [-0.15, -0.1) is 0 Å². The van der Waals surface area contributed by atoms with Crippen molar-refractivity contribution in [1.82, 2.24) is 9.99 Å². The van der Waals surface area contributed by atoms with Crippen molar-refractivity contribution in [3.63, 3.8) is 0 Å². The van der Waals surface area contributed by atoms with Gasteiger partial charge in [0.1, 0.15) is 5.82 Å². The number of pyridine rings is 1. The van der Waals surface area contributed by atoms with Crippen LogP contribution in [-0.4, -0.2) is 35.4 Å². The van der Waals surface area contributed by atoms with E-state index in [1.54, 1.807) is 50.3 Å². The minimum absolute atomic E-state index is 0.0784. The van der Waals surface area contributed by atoms with E-state index in [-0.39, 0.29) is 22.7 Å². The summed E-state index contributed by atoms with van der Waals surface area (Å²) in [6.45, 7) is 4.97. The number of halogens is 1. The number of anilines is 1. The highest BCUT2D eigenvalue weighted by atomic mass is 32.2. The molecular formula is C16H19FN4O2S. The molecule has 2 atom stereocenters. The number of sulfone groups is 1. The average molecular weight is 350 g/mol. The van der Waals surface area contributed by atoms with Crippen LogP contribution in [0.5, 0.6) is 0 Å². The van der Waals surface area contributed by atoms with Crippen molar-refractivity contribution in [2.75, 3.05) is 5.73 Å². The van der Waals surface area contributed by atoms with Crippen LogP contribution in [0.3, 0.4) is 0 Å². The number of rotatable bonds is 2. The normalized spacial score (nSPS) is 23.3. The van der Waals surface area contributed by atoms with Crippen LogP contribution in [0.25, 0.3) is 0 Å². The first kappa shape index (κ1) is 16.6. The van der Waals surface area contributed by atoms with Crippen molar-refractivity contribution in [2.24, 2.45) is 5.10 Å². The van der Waals surface area contributed by atoms with Crippen LogP contribution in [0.4, 0.5) is 10.2 Å². The van der Waals surface area contributed by atoms with Gasteiger partial charge in [-0.2, -0.15) is 9.49 Å². The molecule has 0 amide bonds. The zero-order chi connectivity index (χ0) is 17.7. The minimum atomic E-state index is -3.48. The van der Waals surface area contributed by atoms with Gasteiger partial charge in [-0.25, -0.2) is 13.4 Å². The van der Waals surface area contributed by atoms with E-state index in [0.717, 1.165) is 0 Å². The molecule has 128 valence electrons. The summed E-state index contributed by atoms with van der Waals surface area (Å²) in [5.41, 5.74) is 6.22. The van der Waals surface area contributed by atoms with Crippen molar-refractivity contribution in [2.45, 2.75) is 37.5 Å². The summed E-state index contributed by atoms with van der Waals surface area (Å²) in [5, 5.41) is 5.91. The summed E-state index contributed by atoms with van der Waals surface area (Å²) in [6.07, 6.45) is 6.48. The van der Waals surface area contributed by atoms with Crippen LogP contribution in [0, 0.1) is 5.95 Å². The molecule has 0 bridgehead atoms. The number of hydrogen-bond donors (Lipinski definition) is 1. The molecule has 3 heterocycles. The molecule has 0 saturated carbocycles. The van der Waals surface area contributed by atoms with E-state index < -0.39 is 20.5 Å². The van der Waals surface area contributed by atoms with E-state index in [1.807, 2.05) is 0 Å². The number of nitrogen functional groups attached to an aromatic ring is 1. The lowest BCUT2D eigenvalue weighted by atomic mass is 9.92. The molecule has 1 aromatic rings. The van der Waals surface area contributed by atoms with Gasteiger partial charge in [-0.05, 0) is 50.6 Å². The first-order chi connectivity index (χ1) is 11.1. The van der Waals surface area contributed by atoms with E-state index in [1.165, 1.54) is 12.1 Å². The zero-order valence-corrected chi connectivity index (χ0v) is 14.5. The predicted octanol–water partition coefficient (Wildman–Crippen LogP) is 2.18. The molecule has 0 aromatic carbocycles.